The molecule has 1 atom stereocenters. The topological polar surface area (TPSA) is 103 Å². The minimum atomic E-state index is -3.24. The lowest BCUT2D eigenvalue weighted by atomic mass is 10.0. The molecule has 0 amide bonds. The first-order valence-electron chi connectivity index (χ1n) is 5.76. The largest absolute Gasteiger partial charge is 0.271 e. The SMILES string of the molecule is CCn1ncnc1CC(NN)C(C)(C)S(C)(=O)=O. The summed E-state index contributed by atoms with van der Waals surface area (Å²) in [6, 6.07) is -0.429. The van der Waals surface area contributed by atoms with E-state index in [0.29, 0.717) is 13.0 Å². The van der Waals surface area contributed by atoms with Gasteiger partial charge >= 0.3 is 0 Å². The number of nitrogens with zero attached hydrogens (tertiary/aromatic N) is 3. The van der Waals surface area contributed by atoms with Gasteiger partial charge in [-0.3, -0.25) is 16.0 Å². The normalized spacial score (nSPS) is 14.7. The van der Waals surface area contributed by atoms with E-state index in [0.717, 1.165) is 5.82 Å². The quantitative estimate of drug-likeness (QED) is 0.536. The Morgan fingerprint density at radius 3 is 2.61 bits per heavy atom. The van der Waals surface area contributed by atoms with E-state index in [1.807, 2.05) is 6.92 Å². The zero-order valence-electron chi connectivity index (χ0n) is 11.2. The Hall–Kier alpha value is -0.990. The van der Waals surface area contributed by atoms with Crippen LogP contribution in [0.4, 0.5) is 0 Å². The monoisotopic (exact) mass is 275 g/mol. The summed E-state index contributed by atoms with van der Waals surface area (Å²) in [4.78, 5) is 4.13. The fourth-order valence-electron chi connectivity index (χ4n) is 1.66. The van der Waals surface area contributed by atoms with Crippen LogP contribution in [-0.2, 0) is 22.8 Å². The lowest BCUT2D eigenvalue weighted by Gasteiger charge is -2.31. The zero-order valence-corrected chi connectivity index (χ0v) is 12.0. The summed E-state index contributed by atoms with van der Waals surface area (Å²) in [6.45, 7) is 5.94. The van der Waals surface area contributed by atoms with Crippen LogP contribution >= 0.6 is 0 Å². The Labute approximate surface area is 108 Å². The first-order valence-corrected chi connectivity index (χ1v) is 7.65. The molecular formula is C10H21N5O2S. The molecule has 0 aromatic carbocycles. The predicted molar refractivity (Wildman–Crippen MR) is 69.4 cm³/mol. The molecule has 104 valence electrons. The van der Waals surface area contributed by atoms with Crippen molar-refractivity contribution in [3.8, 4) is 0 Å². The minimum Gasteiger partial charge on any atom is -0.271 e. The van der Waals surface area contributed by atoms with Crippen molar-refractivity contribution in [1.82, 2.24) is 20.2 Å². The van der Waals surface area contributed by atoms with Crippen LogP contribution in [0.2, 0.25) is 0 Å². The van der Waals surface area contributed by atoms with E-state index in [9.17, 15) is 8.42 Å². The van der Waals surface area contributed by atoms with Gasteiger partial charge in [0.1, 0.15) is 12.2 Å². The van der Waals surface area contributed by atoms with E-state index in [1.54, 1.807) is 18.5 Å². The van der Waals surface area contributed by atoms with Crippen LogP contribution in [-0.4, -0.2) is 40.2 Å². The molecule has 0 aliphatic carbocycles. The van der Waals surface area contributed by atoms with Crippen molar-refractivity contribution >= 4 is 9.84 Å². The second kappa shape index (κ2) is 5.33. The summed E-state index contributed by atoms with van der Waals surface area (Å²) in [5.74, 6) is 6.21. The highest BCUT2D eigenvalue weighted by atomic mass is 32.2. The van der Waals surface area contributed by atoms with Crippen molar-refractivity contribution in [2.24, 2.45) is 5.84 Å². The molecule has 0 radical (unpaired) electrons. The first-order chi connectivity index (χ1) is 8.24. The molecule has 1 rings (SSSR count). The maximum absolute atomic E-state index is 11.8. The van der Waals surface area contributed by atoms with Crippen LogP contribution < -0.4 is 11.3 Å². The lowest BCUT2D eigenvalue weighted by Crippen LogP contribution is -2.55. The van der Waals surface area contributed by atoms with Gasteiger partial charge in [-0.2, -0.15) is 5.10 Å². The Morgan fingerprint density at radius 2 is 2.17 bits per heavy atom. The molecule has 1 aromatic rings. The number of aromatic nitrogens is 3. The number of hydrazine groups is 1. The first kappa shape index (κ1) is 15.1. The van der Waals surface area contributed by atoms with Gasteiger partial charge in [-0.1, -0.05) is 0 Å². The summed E-state index contributed by atoms with van der Waals surface area (Å²) in [5, 5.41) is 4.05. The molecule has 3 N–H and O–H groups in total. The number of hydrogen-bond acceptors (Lipinski definition) is 6. The number of nitrogens with two attached hydrogens (primary N) is 1. The summed E-state index contributed by atoms with van der Waals surface area (Å²) in [7, 11) is -3.24. The smallest absolute Gasteiger partial charge is 0.154 e. The van der Waals surface area contributed by atoms with Crippen molar-refractivity contribution < 1.29 is 8.42 Å². The van der Waals surface area contributed by atoms with Gasteiger partial charge in [-0.15, -0.1) is 0 Å². The molecule has 0 spiro atoms. The highest BCUT2D eigenvalue weighted by molar-refractivity contribution is 7.92. The van der Waals surface area contributed by atoms with Gasteiger partial charge < -0.3 is 0 Å². The predicted octanol–water partition coefficient (Wildman–Crippen LogP) is -0.504. The molecule has 7 nitrogen and oxygen atoms in total. The van der Waals surface area contributed by atoms with Gasteiger partial charge in [0.05, 0.1) is 4.75 Å². The molecule has 0 bridgehead atoms. The van der Waals surface area contributed by atoms with Crippen LogP contribution in [0.25, 0.3) is 0 Å². The number of sulfone groups is 1. The van der Waals surface area contributed by atoms with Crippen molar-refractivity contribution in [2.75, 3.05) is 6.26 Å². The molecule has 0 aliphatic rings. The molecule has 1 heterocycles. The van der Waals surface area contributed by atoms with E-state index in [-0.39, 0.29) is 0 Å². The van der Waals surface area contributed by atoms with E-state index >= 15 is 0 Å². The maximum atomic E-state index is 11.8. The van der Waals surface area contributed by atoms with Crippen LogP contribution in [0.5, 0.6) is 0 Å². The number of rotatable bonds is 6. The molecule has 0 fully saturated rings. The molecule has 1 aromatic heterocycles. The van der Waals surface area contributed by atoms with Gasteiger partial charge in [0, 0.05) is 25.3 Å². The average molecular weight is 275 g/mol. The van der Waals surface area contributed by atoms with Crippen LogP contribution in [0, 0.1) is 0 Å². The molecule has 8 heteroatoms. The van der Waals surface area contributed by atoms with Gasteiger partial charge in [0.25, 0.3) is 0 Å². The fraction of sp³-hybridized carbons (Fsp3) is 0.800. The molecule has 0 aliphatic heterocycles. The van der Waals surface area contributed by atoms with Crippen molar-refractivity contribution in [1.29, 1.82) is 0 Å². The minimum absolute atomic E-state index is 0.407. The Balaban J connectivity index is 2.99. The van der Waals surface area contributed by atoms with Gasteiger partial charge in [-0.05, 0) is 20.8 Å². The van der Waals surface area contributed by atoms with Gasteiger partial charge in [0.2, 0.25) is 0 Å². The third-order valence-electron chi connectivity index (χ3n) is 3.38. The summed E-state index contributed by atoms with van der Waals surface area (Å²) in [5.41, 5.74) is 2.58. The maximum Gasteiger partial charge on any atom is 0.154 e. The number of hydrogen-bond donors (Lipinski definition) is 2. The molecule has 18 heavy (non-hydrogen) atoms. The molecule has 1 unspecified atom stereocenters. The van der Waals surface area contributed by atoms with E-state index in [1.165, 1.54) is 12.6 Å². The second-order valence-electron chi connectivity index (χ2n) is 4.79. The zero-order chi connectivity index (χ0) is 14.0. The van der Waals surface area contributed by atoms with Crippen molar-refractivity contribution in [2.45, 2.75) is 44.5 Å². The number of aryl methyl sites for hydroxylation is 1. The third kappa shape index (κ3) is 2.88. The fourth-order valence-corrected chi connectivity index (χ4v) is 2.32. The summed E-state index contributed by atoms with van der Waals surface area (Å²) in [6.07, 6.45) is 3.08. The number of nitrogens with one attached hydrogen (secondary N) is 1. The Kier molecular flexibility index (Phi) is 4.46. The second-order valence-corrected chi connectivity index (χ2v) is 7.39. The Bertz CT molecular complexity index is 494. The third-order valence-corrected chi connectivity index (χ3v) is 5.57. The van der Waals surface area contributed by atoms with E-state index in [2.05, 4.69) is 15.5 Å². The molecular weight excluding hydrogens is 254 g/mol. The van der Waals surface area contributed by atoms with E-state index in [4.69, 9.17) is 5.84 Å². The average Bonchev–Trinajstić information content (AvgIpc) is 2.71. The van der Waals surface area contributed by atoms with Crippen LogP contribution in [0.3, 0.4) is 0 Å². The summed E-state index contributed by atoms with van der Waals surface area (Å²) >= 11 is 0. The van der Waals surface area contributed by atoms with Crippen LogP contribution in [0.1, 0.15) is 26.6 Å². The lowest BCUT2D eigenvalue weighted by molar-refractivity contribution is 0.400. The highest BCUT2D eigenvalue weighted by Crippen LogP contribution is 2.22. The summed E-state index contributed by atoms with van der Waals surface area (Å²) < 4.78 is 24.3. The van der Waals surface area contributed by atoms with Gasteiger partial charge in [-0.25, -0.2) is 13.4 Å². The van der Waals surface area contributed by atoms with E-state index < -0.39 is 20.6 Å². The van der Waals surface area contributed by atoms with Crippen molar-refractivity contribution in [3.63, 3.8) is 0 Å². The molecule has 0 saturated carbocycles. The highest BCUT2D eigenvalue weighted by Gasteiger charge is 2.39. The van der Waals surface area contributed by atoms with Crippen molar-refractivity contribution in [3.05, 3.63) is 12.2 Å². The standard InChI is InChI=1S/C10H21N5O2S/c1-5-15-9(12-7-13-15)6-8(14-11)10(2,3)18(4,16)17/h7-8,14H,5-6,11H2,1-4H3. The Morgan fingerprint density at radius 1 is 1.56 bits per heavy atom. The van der Waals surface area contributed by atoms with Crippen LogP contribution in [0.15, 0.2) is 6.33 Å². The van der Waals surface area contributed by atoms with Gasteiger partial charge in [0.15, 0.2) is 9.84 Å². The molecule has 0 saturated heterocycles.